The minimum atomic E-state index is 0.726. The molecule has 0 atom stereocenters. The zero-order valence-electron chi connectivity index (χ0n) is 12.0. The van der Waals surface area contributed by atoms with E-state index in [9.17, 15) is 0 Å². The minimum absolute atomic E-state index is 0.726. The van der Waals surface area contributed by atoms with E-state index < -0.39 is 0 Å². The van der Waals surface area contributed by atoms with Crippen LogP contribution in [-0.4, -0.2) is 12.3 Å². The van der Waals surface area contributed by atoms with Gasteiger partial charge in [0.25, 0.3) is 0 Å². The van der Waals surface area contributed by atoms with E-state index >= 15 is 0 Å². The van der Waals surface area contributed by atoms with Gasteiger partial charge in [-0.1, -0.05) is 35.5 Å². The van der Waals surface area contributed by atoms with Crippen LogP contribution < -0.4 is 4.74 Å². The van der Waals surface area contributed by atoms with Gasteiger partial charge in [0.1, 0.15) is 11.4 Å². The molecule has 0 aliphatic heterocycles. The molecule has 2 aromatic carbocycles. The fraction of sp³-hybridized carbons (Fsp3) is 0.0556. The second-order valence-corrected chi connectivity index (χ2v) is 5.97. The Kier molecular flexibility index (Phi) is 4.58. The van der Waals surface area contributed by atoms with Gasteiger partial charge in [-0.15, -0.1) is 0 Å². The lowest BCUT2D eigenvalue weighted by Crippen LogP contribution is -1.81. The molecule has 1 heterocycles. The number of rotatable bonds is 4. The van der Waals surface area contributed by atoms with Crippen LogP contribution in [0.2, 0.25) is 0 Å². The minimum Gasteiger partial charge on any atom is -0.497 e. The molecule has 22 heavy (non-hydrogen) atoms. The molecule has 0 radical (unpaired) electrons. The zero-order chi connectivity index (χ0) is 15.4. The number of benzene rings is 2. The Morgan fingerprint density at radius 3 is 2.41 bits per heavy atom. The topological polar surface area (TPSA) is 35.3 Å². The number of hydrogen-bond acceptors (Lipinski definition) is 3. The highest BCUT2D eigenvalue weighted by Gasteiger charge is 2.04. The van der Waals surface area contributed by atoms with E-state index in [1.54, 1.807) is 7.11 Å². The third-order valence-corrected chi connectivity index (χ3v) is 3.94. The number of aromatic nitrogens is 1. The number of methoxy groups -OCH3 is 1. The lowest BCUT2D eigenvalue weighted by atomic mass is 10.1. The molecular formula is C18H14INO2. The fourth-order valence-corrected chi connectivity index (χ4v) is 2.38. The van der Waals surface area contributed by atoms with Gasteiger partial charge in [-0.3, -0.25) is 0 Å². The maximum Gasteiger partial charge on any atom is 0.160 e. The van der Waals surface area contributed by atoms with Crippen molar-refractivity contribution in [2.45, 2.75) is 0 Å². The van der Waals surface area contributed by atoms with Crippen LogP contribution in [0.4, 0.5) is 0 Å². The maximum absolute atomic E-state index is 5.35. The van der Waals surface area contributed by atoms with Crippen LogP contribution in [0.1, 0.15) is 11.3 Å². The van der Waals surface area contributed by atoms with Crippen LogP contribution >= 0.6 is 22.6 Å². The molecule has 0 aliphatic carbocycles. The third-order valence-electron chi connectivity index (χ3n) is 3.22. The number of ether oxygens (including phenoxy) is 1. The van der Waals surface area contributed by atoms with Crippen molar-refractivity contribution in [2.24, 2.45) is 0 Å². The first-order chi connectivity index (χ1) is 10.7. The molecule has 0 aliphatic rings. The summed E-state index contributed by atoms with van der Waals surface area (Å²) in [5.41, 5.74) is 2.96. The van der Waals surface area contributed by atoms with Crippen LogP contribution in [0.5, 0.6) is 5.75 Å². The predicted molar refractivity (Wildman–Crippen MR) is 96.6 cm³/mol. The summed E-state index contributed by atoms with van der Waals surface area (Å²) in [7, 11) is 1.66. The Morgan fingerprint density at radius 2 is 1.73 bits per heavy atom. The van der Waals surface area contributed by atoms with Gasteiger partial charge in [0.2, 0.25) is 0 Å². The number of hydrogen-bond donors (Lipinski definition) is 0. The van der Waals surface area contributed by atoms with E-state index in [4.69, 9.17) is 9.26 Å². The highest BCUT2D eigenvalue weighted by molar-refractivity contribution is 14.1. The van der Waals surface area contributed by atoms with Crippen molar-refractivity contribution in [3.8, 4) is 17.0 Å². The lowest BCUT2D eigenvalue weighted by molar-refractivity contribution is 0.415. The molecule has 1 aromatic heterocycles. The molecule has 3 rings (SSSR count). The summed E-state index contributed by atoms with van der Waals surface area (Å²) in [6.07, 6.45) is 3.89. The van der Waals surface area contributed by atoms with Crippen molar-refractivity contribution in [3.05, 3.63) is 69.5 Å². The fourth-order valence-electron chi connectivity index (χ4n) is 2.02. The van der Waals surface area contributed by atoms with Crippen LogP contribution in [-0.2, 0) is 0 Å². The van der Waals surface area contributed by atoms with Crippen molar-refractivity contribution in [2.75, 3.05) is 7.11 Å². The molecule has 3 nitrogen and oxygen atoms in total. The molecule has 0 N–H and O–H groups in total. The largest absolute Gasteiger partial charge is 0.497 e. The van der Waals surface area contributed by atoms with Gasteiger partial charge in [0.15, 0.2) is 5.76 Å². The van der Waals surface area contributed by atoms with Gasteiger partial charge >= 0.3 is 0 Å². The van der Waals surface area contributed by atoms with E-state index in [0.717, 1.165) is 28.3 Å². The summed E-state index contributed by atoms with van der Waals surface area (Å²) in [5.74, 6) is 1.57. The van der Waals surface area contributed by atoms with Gasteiger partial charge in [0, 0.05) is 15.2 Å². The molecule has 4 heteroatoms. The number of halogens is 1. The summed E-state index contributed by atoms with van der Waals surface area (Å²) in [5, 5.41) is 4.11. The van der Waals surface area contributed by atoms with Crippen LogP contribution in [0.25, 0.3) is 23.4 Å². The summed E-state index contributed by atoms with van der Waals surface area (Å²) in [6, 6.07) is 18.0. The van der Waals surface area contributed by atoms with Crippen LogP contribution in [0, 0.1) is 3.57 Å². The van der Waals surface area contributed by atoms with Gasteiger partial charge in [0.05, 0.1) is 7.11 Å². The van der Waals surface area contributed by atoms with E-state index in [-0.39, 0.29) is 0 Å². The normalized spacial score (nSPS) is 11.0. The van der Waals surface area contributed by atoms with Gasteiger partial charge in [-0.25, -0.2) is 0 Å². The van der Waals surface area contributed by atoms with Gasteiger partial charge in [-0.05, 0) is 58.5 Å². The quantitative estimate of drug-likeness (QED) is 0.567. The zero-order valence-corrected chi connectivity index (χ0v) is 14.2. The second-order valence-electron chi connectivity index (χ2n) is 4.73. The van der Waals surface area contributed by atoms with E-state index in [1.165, 1.54) is 3.57 Å². The average Bonchev–Trinajstić information content (AvgIpc) is 3.03. The highest BCUT2D eigenvalue weighted by atomic mass is 127. The highest BCUT2D eigenvalue weighted by Crippen LogP contribution is 2.21. The van der Waals surface area contributed by atoms with E-state index in [1.807, 2.05) is 54.6 Å². The number of nitrogens with zero attached hydrogens (tertiary/aromatic N) is 1. The van der Waals surface area contributed by atoms with Gasteiger partial charge < -0.3 is 9.26 Å². The van der Waals surface area contributed by atoms with Crippen LogP contribution in [0.15, 0.2) is 59.1 Å². The first kappa shape index (κ1) is 14.8. The van der Waals surface area contributed by atoms with Crippen molar-refractivity contribution in [1.29, 1.82) is 0 Å². The SMILES string of the molecule is COc1ccc(/C=C/c2cc(-c3ccc(I)cc3)no2)cc1. The molecule has 0 spiro atoms. The average molecular weight is 403 g/mol. The predicted octanol–water partition coefficient (Wildman–Crippen LogP) is 5.13. The van der Waals surface area contributed by atoms with Crippen molar-refractivity contribution < 1.29 is 9.26 Å². The molecule has 110 valence electrons. The molecule has 0 unspecified atom stereocenters. The lowest BCUT2D eigenvalue weighted by Gasteiger charge is -1.98. The Morgan fingerprint density at radius 1 is 1.00 bits per heavy atom. The second kappa shape index (κ2) is 6.79. The van der Waals surface area contributed by atoms with Crippen LogP contribution in [0.3, 0.4) is 0 Å². The van der Waals surface area contributed by atoms with Crippen molar-refractivity contribution in [3.63, 3.8) is 0 Å². The molecule has 0 amide bonds. The van der Waals surface area contributed by atoms with Crippen molar-refractivity contribution >= 4 is 34.7 Å². The summed E-state index contributed by atoms with van der Waals surface area (Å²) < 4.78 is 11.7. The molecule has 0 saturated heterocycles. The van der Waals surface area contributed by atoms with Gasteiger partial charge in [-0.2, -0.15) is 0 Å². The van der Waals surface area contributed by atoms with E-state index in [2.05, 4.69) is 39.9 Å². The smallest absolute Gasteiger partial charge is 0.160 e. The first-order valence-electron chi connectivity index (χ1n) is 6.79. The standard InChI is InChI=1S/C18H14INO2/c1-21-16-9-2-13(3-10-16)4-11-17-12-18(20-22-17)14-5-7-15(19)8-6-14/h2-12H,1H3/b11-4+. The third kappa shape index (κ3) is 3.57. The maximum atomic E-state index is 5.35. The summed E-state index contributed by atoms with van der Waals surface area (Å²) >= 11 is 2.28. The summed E-state index contributed by atoms with van der Waals surface area (Å²) in [4.78, 5) is 0. The Balaban J connectivity index is 1.75. The molecule has 0 bridgehead atoms. The molecule has 0 fully saturated rings. The van der Waals surface area contributed by atoms with E-state index in [0.29, 0.717) is 0 Å². The molecular weight excluding hydrogens is 389 g/mol. The monoisotopic (exact) mass is 403 g/mol. The Bertz CT molecular complexity index is 774. The van der Waals surface area contributed by atoms with Crippen molar-refractivity contribution in [1.82, 2.24) is 5.16 Å². The Hall–Kier alpha value is -2.08. The first-order valence-corrected chi connectivity index (χ1v) is 7.87. The molecule has 0 saturated carbocycles. The molecule has 3 aromatic rings. The Labute approximate surface area is 142 Å². The summed E-state index contributed by atoms with van der Waals surface area (Å²) in [6.45, 7) is 0.